The minimum Gasteiger partial charge on any atom is -0.445 e. The number of benzene rings is 2. The van der Waals surface area contributed by atoms with Gasteiger partial charge in [0.1, 0.15) is 18.2 Å². The SMILES string of the molecule is CCCCCc1ccc2nc([C@@H]3CCCN3C(=O)OCc3ccccc3)oc2c1. The van der Waals surface area contributed by atoms with Crippen molar-refractivity contribution in [3.8, 4) is 0 Å². The zero-order valence-electron chi connectivity index (χ0n) is 17.0. The molecule has 0 bridgehead atoms. The molecule has 0 radical (unpaired) electrons. The molecule has 3 aromatic rings. The number of hydrogen-bond donors (Lipinski definition) is 0. The smallest absolute Gasteiger partial charge is 0.410 e. The summed E-state index contributed by atoms with van der Waals surface area (Å²) in [5.74, 6) is 0.611. The number of unbranched alkanes of at least 4 members (excludes halogenated alkanes) is 2. The van der Waals surface area contributed by atoms with Crippen molar-refractivity contribution in [2.45, 2.75) is 58.1 Å². The molecule has 1 aliphatic rings. The zero-order chi connectivity index (χ0) is 20.1. The van der Waals surface area contributed by atoms with E-state index in [0.29, 0.717) is 12.4 Å². The van der Waals surface area contributed by atoms with E-state index in [1.165, 1.54) is 24.8 Å². The van der Waals surface area contributed by atoms with Gasteiger partial charge in [-0.05, 0) is 48.9 Å². The Labute approximate surface area is 171 Å². The maximum Gasteiger partial charge on any atom is 0.410 e. The van der Waals surface area contributed by atoms with E-state index in [2.05, 4.69) is 24.0 Å². The number of carbonyl (C=O) groups is 1. The Balaban J connectivity index is 1.44. The van der Waals surface area contributed by atoms with Gasteiger partial charge in [-0.3, -0.25) is 4.90 Å². The summed E-state index contributed by atoms with van der Waals surface area (Å²) in [6.07, 6.45) is 6.16. The normalized spacial score (nSPS) is 16.4. The first-order valence-electron chi connectivity index (χ1n) is 10.6. The molecule has 0 saturated carbocycles. The maximum atomic E-state index is 12.7. The molecule has 1 saturated heterocycles. The summed E-state index contributed by atoms with van der Waals surface area (Å²) in [6.45, 7) is 3.15. The maximum absolute atomic E-state index is 12.7. The second kappa shape index (κ2) is 9.12. The van der Waals surface area contributed by atoms with Crippen molar-refractivity contribution in [3.05, 3.63) is 65.5 Å². The van der Waals surface area contributed by atoms with E-state index in [0.717, 1.165) is 35.9 Å². The lowest BCUT2D eigenvalue weighted by molar-refractivity contribution is 0.0881. The summed E-state index contributed by atoms with van der Waals surface area (Å²) in [7, 11) is 0. The summed E-state index contributed by atoms with van der Waals surface area (Å²) in [4.78, 5) is 19.1. The number of nitrogens with zero attached hydrogens (tertiary/aromatic N) is 2. The lowest BCUT2D eigenvalue weighted by Gasteiger charge is -2.21. The van der Waals surface area contributed by atoms with Gasteiger partial charge in [0, 0.05) is 6.54 Å². The molecular weight excluding hydrogens is 364 g/mol. The molecule has 0 N–H and O–H groups in total. The van der Waals surface area contributed by atoms with Gasteiger partial charge in [-0.15, -0.1) is 0 Å². The molecule has 4 rings (SSSR count). The molecule has 0 spiro atoms. The van der Waals surface area contributed by atoms with E-state index in [1.807, 2.05) is 36.4 Å². The highest BCUT2D eigenvalue weighted by atomic mass is 16.6. The Kier molecular flexibility index (Phi) is 6.13. The Morgan fingerprint density at radius 2 is 2.03 bits per heavy atom. The molecular formula is C24H28N2O3. The van der Waals surface area contributed by atoms with E-state index in [1.54, 1.807) is 4.90 Å². The third kappa shape index (κ3) is 4.61. The minimum atomic E-state index is -0.307. The highest BCUT2D eigenvalue weighted by molar-refractivity contribution is 5.74. The first kappa shape index (κ1) is 19.5. The Hall–Kier alpha value is -2.82. The second-order valence-electron chi connectivity index (χ2n) is 7.70. The quantitative estimate of drug-likeness (QED) is 0.460. The average Bonchev–Trinajstić information content (AvgIpc) is 3.39. The summed E-state index contributed by atoms with van der Waals surface area (Å²) >= 11 is 0. The third-order valence-corrected chi connectivity index (χ3v) is 5.52. The molecule has 2 heterocycles. The van der Waals surface area contributed by atoms with Crippen molar-refractivity contribution >= 4 is 17.2 Å². The number of aromatic nitrogens is 1. The second-order valence-corrected chi connectivity index (χ2v) is 7.70. The number of hydrogen-bond acceptors (Lipinski definition) is 4. The van der Waals surface area contributed by atoms with Gasteiger partial charge in [0.05, 0.1) is 0 Å². The molecule has 5 nitrogen and oxygen atoms in total. The average molecular weight is 392 g/mol. The van der Waals surface area contributed by atoms with E-state index >= 15 is 0 Å². The number of oxazole rings is 1. The van der Waals surface area contributed by atoms with Gasteiger partial charge in [-0.25, -0.2) is 9.78 Å². The van der Waals surface area contributed by atoms with Crippen LogP contribution in [0.25, 0.3) is 11.1 Å². The molecule has 2 aromatic carbocycles. The summed E-state index contributed by atoms with van der Waals surface area (Å²) in [5.41, 5.74) is 3.91. The fraction of sp³-hybridized carbons (Fsp3) is 0.417. The zero-order valence-corrected chi connectivity index (χ0v) is 17.0. The molecule has 1 fully saturated rings. The predicted molar refractivity (Wildman–Crippen MR) is 113 cm³/mol. The monoisotopic (exact) mass is 392 g/mol. The number of aryl methyl sites for hydroxylation is 1. The molecule has 1 aliphatic heterocycles. The van der Waals surface area contributed by atoms with Crippen LogP contribution < -0.4 is 0 Å². The van der Waals surface area contributed by atoms with Gasteiger partial charge in [0.25, 0.3) is 0 Å². The van der Waals surface area contributed by atoms with Crippen molar-refractivity contribution in [3.63, 3.8) is 0 Å². The molecule has 152 valence electrons. The number of likely N-dealkylation sites (tertiary alicyclic amines) is 1. The minimum absolute atomic E-state index is 0.158. The van der Waals surface area contributed by atoms with Gasteiger partial charge in [0.15, 0.2) is 5.58 Å². The van der Waals surface area contributed by atoms with E-state index < -0.39 is 0 Å². The number of rotatable bonds is 7. The van der Waals surface area contributed by atoms with Crippen LogP contribution in [0, 0.1) is 0 Å². The third-order valence-electron chi connectivity index (χ3n) is 5.52. The lowest BCUT2D eigenvalue weighted by Crippen LogP contribution is -2.31. The molecule has 0 unspecified atom stereocenters. The van der Waals surface area contributed by atoms with Crippen LogP contribution in [0.1, 0.15) is 62.1 Å². The number of fused-ring (bicyclic) bond motifs is 1. The molecule has 1 amide bonds. The summed E-state index contributed by atoms with van der Waals surface area (Å²) in [5, 5.41) is 0. The van der Waals surface area contributed by atoms with Crippen molar-refractivity contribution in [2.24, 2.45) is 0 Å². The Morgan fingerprint density at radius 3 is 2.86 bits per heavy atom. The lowest BCUT2D eigenvalue weighted by atomic mass is 10.1. The molecule has 1 atom stereocenters. The predicted octanol–water partition coefficient (Wildman–Crippen LogP) is 6.03. The van der Waals surface area contributed by atoms with E-state index in [9.17, 15) is 4.79 Å². The number of ether oxygens (including phenoxy) is 1. The highest BCUT2D eigenvalue weighted by Crippen LogP contribution is 2.34. The Bertz CT molecular complexity index is 951. The number of carbonyl (C=O) groups excluding carboxylic acids is 1. The Morgan fingerprint density at radius 1 is 1.17 bits per heavy atom. The highest BCUT2D eigenvalue weighted by Gasteiger charge is 2.34. The van der Waals surface area contributed by atoms with E-state index in [4.69, 9.17) is 9.15 Å². The van der Waals surface area contributed by atoms with Crippen LogP contribution in [-0.4, -0.2) is 22.5 Å². The van der Waals surface area contributed by atoms with Crippen LogP contribution in [0.2, 0.25) is 0 Å². The topological polar surface area (TPSA) is 55.6 Å². The first-order chi connectivity index (χ1) is 14.2. The van der Waals surface area contributed by atoms with Crippen LogP contribution in [-0.2, 0) is 17.8 Å². The van der Waals surface area contributed by atoms with Crippen molar-refractivity contribution in [1.29, 1.82) is 0 Å². The number of amides is 1. The van der Waals surface area contributed by atoms with Crippen molar-refractivity contribution < 1.29 is 13.9 Å². The van der Waals surface area contributed by atoms with E-state index in [-0.39, 0.29) is 18.7 Å². The molecule has 1 aromatic heterocycles. The van der Waals surface area contributed by atoms with Crippen LogP contribution >= 0.6 is 0 Å². The summed E-state index contributed by atoms with van der Waals surface area (Å²) < 4.78 is 11.6. The largest absolute Gasteiger partial charge is 0.445 e. The van der Waals surface area contributed by atoms with Crippen LogP contribution in [0.3, 0.4) is 0 Å². The van der Waals surface area contributed by atoms with Crippen LogP contribution in [0.5, 0.6) is 0 Å². The van der Waals surface area contributed by atoms with Gasteiger partial charge >= 0.3 is 6.09 Å². The fourth-order valence-electron chi connectivity index (χ4n) is 3.91. The van der Waals surface area contributed by atoms with Crippen LogP contribution in [0.15, 0.2) is 52.9 Å². The van der Waals surface area contributed by atoms with Gasteiger partial charge in [-0.1, -0.05) is 56.2 Å². The standard InChI is InChI=1S/C24H28N2O3/c1-2-3-5-9-18-13-14-20-22(16-18)29-23(25-20)21-12-8-15-26(21)24(27)28-17-19-10-6-4-7-11-19/h4,6-7,10-11,13-14,16,21H,2-3,5,8-9,12,15,17H2,1H3/t21-/m0/s1. The van der Waals surface area contributed by atoms with Crippen molar-refractivity contribution in [1.82, 2.24) is 9.88 Å². The van der Waals surface area contributed by atoms with Crippen molar-refractivity contribution in [2.75, 3.05) is 6.54 Å². The van der Waals surface area contributed by atoms with Gasteiger partial charge < -0.3 is 9.15 Å². The van der Waals surface area contributed by atoms with Gasteiger partial charge in [-0.2, -0.15) is 0 Å². The van der Waals surface area contributed by atoms with Gasteiger partial charge in [0.2, 0.25) is 5.89 Å². The molecule has 5 heteroatoms. The first-order valence-corrected chi connectivity index (χ1v) is 10.6. The molecule has 29 heavy (non-hydrogen) atoms. The molecule has 0 aliphatic carbocycles. The fourth-order valence-corrected chi connectivity index (χ4v) is 3.91. The summed E-state index contributed by atoms with van der Waals surface area (Å²) in [6, 6.07) is 15.8. The van der Waals surface area contributed by atoms with Crippen LogP contribution in [0.4, 0.5) is 4.79 Å².